The van der Waals surface area contributed by atoms with Crippen LogP contribution in [0.2, 0.25) is 0 Å². The molecule has 1 aromatic carbocycles. The molecule has 0 spiro atoms. The molecule has 0 unspecified atom stereocenters. The summed E-state index contributed by atoms with van der Waals surface area (Å²) >= 11 is 0. The second-order valence-electron chi connectivity index (χ2n) is 7.38. The normalized spacial score (nSPS) is 18.0. The highest BCUT2D eigenvalue weighted by Gasteiger charge is 2.31. The molecule has 2 amide bonds. The van der Waals surface area contributed by atoms with Gasteiger partial charge < -0.3 is 20.2 Å². The number of benzene rings is 1. The third-order valence-electron chi connectivity index (χ3n) is 5.50. The molecule has 138 valence electrons. The molecule has 25 heavy (non-hydrogen) atoms. The highest BCUT2D eigenvalue weighted by molar-refractivity contribution is 5.75. The first kappa shape index (κ1) is 18.1. The maximum Gasteiger partial charge on any atom is 0.317 e. The van der Waals surface area contributed by atoms with E-state index in [1.165, 1.54) is 37.8 Å². The number of anilines is 1. The lowest BCUT2D eigenvalue weighted by Crippen LogP contribution is -2.42. The van der Waals surface area contributed by atoms with Crippen LogP contribution in [0, 0.1) is 0 Å². The molecule has 0 bridgehead atoms. The molecule has 2 N–H and O–H groups in total. The van der Waals surface area contributed by atoms with E-state index in [2.05, 4.69) is 41.5 Å². The second-order valence-corrected chi connectivity index (χ2v) is 7.38. The van der Waals surface area contributed by atoms with Crippen molar-refractivity contribution in [3.05, 3.63) is 29.8 Å². The number of nitrogens with one attached hydrogen (secondary N) is 1. The molecule has 1 aromatic rings. The maximum atomic E-state index is 12.3. The summed E-state index contributed by atoms with van der Waals surface area (Å²) in [5.74, 6) is 0. The van der Waals surface area contributed by atoms with E-state index < -0.39 is 0 Å². The average molecular weight is 345 g/mol. The van der Waals surface area contributed by atoms with Gasteiger partial charge in [0.2, 0.25) is 0 Å². The Hall–Kier alpha value is -1.75. The molecule has 2 saturated carbocycles. The summed E-state index contributed by atoms with van der Waals surface area (Å²) in [6.07, 6.45) is 8.73. The highest BCUT2D eigenvalue weighted by Crippen LogP contribution is 2.27. The van der Waals surface area contributed by atoms with Crippen molar-refractivity contribution in [2.24, 2.45) is 0 Å². The van der Waals surface area contributed by atoms with Crippen molar-refractivity contribution in [1.29, 1.82) is 0 Å². The molecule has 5 nitrogen and oxygen atoms in total. The number of carbonyl (C=O) groups is 1. The van der Waals surface area contributed by atoms with Crippen molar-refractivity contribution in [3.63, 3.8) is 0 Å². The second kappa shape index (κ2) is 8.56. The summed E-state index contributed by atoms with van der Waals surface area (Å²) in [5.41, 5.74) is 2.36. The Morgan fingerprint density at radius 3 is 2.36 bits per heavy atom. The van der Waals surface area contributed by atoms with Gasteiger partial charge in [-0.25, -0.2) is 4.79 Å². The van der Waals surface area contributed by atoms with Crippen molar-refractivity contribution in [3.8, 4) is 0 Å². The summed E-state index contributed by atoms with van der Waals surface area (Å²) in [6, 6.07) is 9.42. The summed E-state index contributed by atoms with van der Waals surface area (Å²) < 4.78 is 0. The van der Waals surface area contributed by atoms with Gasteiger partial charge in [0.25, 0.3) is 0 Å². The summed E-state index contributed by atoms with van der Waals surface area (Å²) in [4.78, 5) is 16.4. The van der Waals surface area contributed by atoms with E-state index in [1.807, 2.05) is 0 Å². The third kappa shape index (κ3) is 4.88. The van der Waals surface area contributed by atoms with Crippen molar-refractivity contribution < 1.29 is 9.90 Å². The SMILES string of the molecule is CN(c1ccc(CNC(=O)N(CCO)C2CC2)cc1)C1CCCCC1. The molecule has 0 aromatic heterocycles. The zero-order valence-electron chi connectivity index (χ0n) is 15.3. The molecule has 0 aliphatic heterocycles. The molecule has 2 fully saturated rings. The lowest BCUT2D eigenvalue weighted by molar-refractivity contribution is 0.173. The van der Waals surface area contributed by atoms with Crippen molar-refractivity contribution in [1.82, 2.24) is 10.2 Å². The topological polar surface area (TPSA) is 55.8 Å². The lowest BCUT2D eigenvalue weighted by atomic mass is 9.94. The van der Waals surface area contributed by atoms with E-state index in [9.17, 15) is 4.79 Å². The van der Waals surface area contributed by atoms with Gasteiger partial charge in [-0.1, -0.05) is 31.4 Å². The van der Waals surface area contributed by atoms with Crippen LogP contribution in [0.1, 0.15) is 50.5 Å². The van der Waals surface area contributed by atoms with Crippen LogP contribution in [0.4, 0.5) is 10.5 Å². The predicted octanol–water partition coefficient (Wildman–Crippen LogP) is 3.12. The van der Waals surface area contributed by atoms with E-state index in [0.29, 0.717) is 25.2 Å². The van der Waals surface area contributed by atoms with Gasteiger partial charge in [0.15, 0.2) is 0 Å². The molecule has 0 saturated heterocycles. The number of carbonyl (C=O) groups excluding carboxylic acids is 1. The molecular formula is C20H31N3O2. The molecule has 3 rings (SSSR count). The highest BCUT2D eigenvalue weighted by atomic mass is 16.3. The van der Waals surface area contributed by atoms with Crippen LogP contribution >= 0.6 is 0 Å². The molecule has 5 heteroatoms. The first-order valence-electron chi connectivity index (χ1n) is 9.66. The van der Waals surface area contributed by atoms with Crippen LogP contribution in [0.25, 0.3) is 0 Å². The number of aliphatic hydroxyl groups is 1. The molecule has 0 atom stereocenters. The van der Waals surface area contributed by atoms with E-state index in [1.54, 1.807) is 4.90 Å². The Labute approximate surface area is 151 Å². The van der Waals surface area contributed by atoms with Crippen LogP contribution in [0.15, 0.2) is 24.3 Å². The van der Waals surface area contributed by atoms with Gasteiger partial charge in [0.05, 0.1) is 6.61 Å². The number of amides is 2. The smallest absolute Gasteiger partial charge is 0.317 e. The van der Waals surface area contributed by atoms with E-state index in [4.69, 9.17) is 5.11 Å². The van der Waals surface area contributed by atoms with Crippen LogP contribution in [-0.2, 0) is 6.54 Å². The zero-order chi connectivity index (χ0) is 17.6. The zero-order valence-corrected chi connectivity index (χ0v) is 15.3. The van der Waals surface area contributed by atoms with Gasteiger partial charge in [-0.2, -0.15) is 0 Å². The summed E-state index contributed by atoms with van der Waals surface area (Å²) in [7, 11) is 2.19. The number of rotatable bonds is 7. The largest absolute Gasteiger partial charge is 0.395 e. The molecular weight excluding hydrogens is 314 g/mol. The van der Waals surface area contributed by atoms with Crippen LogP contribution in [-0.4, -0.2) is 48.3 Å². The quantitative estimate of drug-likeness (QED) is 0.798. The fraction of sp³-hybridized carbons (Fsp3) is 0.650. The fourth-order valence-electron chi connectivity index (χ4n) is 3.75. The van der Waals surface area contributed by atoms with Crippen LogP contribution in [0.3, 0.4) is 0 Å². The minimum atomic E-state index is -0.0695. The minimum absolute atomic E-state index is 0.0200. The monoisotopic (exact) mass is 345 g/mol. The predicted molar refractivity (Wildman–Crippen MR) is 101 cm³/mol. The number of aliphatic hydroxyl groups excluding tert-OH is 1. The van der Waals surface area contributed by atoms with Crippen LogP contribution < -0.4 is 10.2 Å². The number of nitrogens with zero attached hydrogens (tertiary/aromatic N) is 2. The Morgan fingerprint density at radius 1 is 1.08 bits per heavy atom. The number of hydrogen-bond donors (Lipinski definition) is 2. The lowest BCUT2D eigenvalue weighted by Gasteiger charge is -2.33. The maximum absolute atomic E-state index is 12.3. The van der Waals surface area contributed by atoms with Gasteiger partial charge in [-0.3, -0.25) is 0 Å². The van der Waals surface area contributed by atoms with Gasteiger partial charge in [0, 0.05) is 37.9 Å². The van der Waals surface area contributed by atoms with Gasteiger partial charge in [-0.05, 0) is 43.4 Å². The molecule has 0 heterocycles. The van der Waals surface area contributed by atoms with Gasteiger partial charge in [-0.15, -0.1) is 0 Å². The summed E-state index contributed by atoms with van der Waals surface area (Å²) in [5, 5.41) is 12.1. The number of hydrogen-bond acceptors (Lipinski definition) is 3. The Kier molecular flexibility index (Phi) is 6.19. The standard InChI is InChI=1S/C20H31N3O2/c1-22(17-5-3-2-4-6-17)18-9-7-16(8-10-18)15-21-20(25)23(13-14-24)19-11-12-19/h7-10,17,19,24H,2-6,11-15H2,1H3,(H,21,25). The number of urea groups is 1. The molecule has 2 aliphatic rings. The van der Waals surface area contributed by atoms with Gasteiger partial charge >= 0.3 is 6.03 Å². The minimum Gasteiger partial charge on any atom is -0.395 e. The van der Waals surface area contributed by atoms with Crippen molar-refractivity contribution >= 4 is 11.7 Å². The van der Waals surface area contributed by atoms with Crippen LogP contribution in [0.5, 0.6) is 0 Å². The van der Waals surface area contributed by atoms with Gasteiger partial charge in [0.1, 0.15) is 0 Å². The summed E-state index contributed by atoms with van der Waals surface area (Å²) in [6.45, 7) is 0.967. The Bertz CT molecular complexity index is 551. The first-order valence-corrected chi connectivity index (χ1v) is 9.66. The fourth-order valence-corrected chi connectivity index (χ4v) is 3.75. The van der Waals surface area contributed by atoms with E-state index in [0.717, 1.165) is 18.4 Å². The Balaban J connectivity index is 1.51. The average Bonchev–Trinajstić information content (AvgIpc) is 3.50. The third-order valence-corrected chi connectivity index (χ3v) is 5.50. The molecule has 2 aliphatic carbocycles. The van der Waals surface area contributed by atoms with Crippen molar-refractivity contribution in [2.75, 3.05) is 25.1 Å². The van der Waals surface area contributed by atoms with Crippen molar-refractivity contribution in [2.45, 2.75) is 63.6 Å². The Morgan fingerprint density at radius 2 is 1.76 bits per heavy atom. The first-order chi connectivity index (χ1) is 12.2. The van der Waals surface area contributed by atoms with E-state index in [-0.39, 0.29) is 12.6 Å². The molecule has 0 radical (unpaired) electrons. The van der Waals surface area contributed by atoms with E-state index >= 15 is 0 Å².